The third kappa shape index (κ3) is 7.89. The molecule has 1 amide bonds. The van der Waals surface area contributed by atoms with Gasteiger partial charge in [0.1, 0.15) is 0 Å². The lowest BCUT2D eigenvalue weighted by Gasteiger charge is -2.44. The van der Waals surface area contributed by atoms with Crippen molar-refractivity contribution in [2.24, 2.45) is 5.92 Å². The van der Waals surface area contributed by atoms with Gasteiger partial charge in [-0.3, -0.25) is 4.79 Å². The number of likely N-dealkylation sites (tertiary alicyclic amines) is 1. The highest BCUT2D eigenvalue weighted by molar-refractivity contribution is 6.76. The van der Waals surface area contributed by atoms with Crippen LogP contribution in [0, 0.1) is 5.92 Å². The van der Waals surface area contributed by atoms with Gasteiger partial charge < -0.3 is 34.3 Å². The molecule has 2 N–H and O–H groups in total. The van der Waals surface area contributed by atoms with Crippen LogP contribution in [0.2, 0.25) is 0 Å². The van der Waals surface area contributed by atoms with Crippen LogP contribution in [0.4, 0.5) is 0 Å². The molecule has 3 aliphatic heterocycles. The van der Waals surface area contributed by atoms with Gasteiger partial charge in [0.2, 0.25) is 0 Å². The second-order valence-corrected chi connectivity index (χ2v) is 14.5. The van der Waals surface area contributed by atoms with Gasteiger partial charge in [-0.1, -0.05) is 102 Å². The summed E-state index contributed by atoms with van der Waals surface area (Å²) in [4.78, 5) is 14.5. The van der Waals surface area contributed by atoms with Gasteiger partial charge in [0.05, 0.1) is 32.0 Å². The Hall–Kier alpha value is -2.24. The number of carbonyl (C=O) groups is 1. The largest absolute Gasteiger partial charge is 0.392 e. The zero-order valence-electron chi connectivity index (χ0n) is 25.7. The summed E-state index contributed by atoms with van der Waals surface area (Å²) in [6.07, 6.45) is 0.801. The standard InChI is InChI=1S/C35H39Cl3N2O6/c1-23-30(21-40-14-12-34(13-15-40)43-16-17-44-34)45-32(46-31(23)26-10-8-24(22-41)9-11-26)29-7-3-6-28(19-29)27-5-2-4-25(18-27)20-39-33(42)35(36,37)38/h2-11,18-19,23,30-32,41H,12-17,20-22H2,1H3,(H,39,42)/t23-,30+,31+,32+/m0/s1. The summed E-state index contributed by atoms with van der Waals surface area (Å²) in [5.41, 5.74) is 5.64. The first kappa shape index (κ1) is 33.7. The summed E-state index contributed by atoms with van der Waals surface area (Å²) in [7, 11) is 0. The summed E-state index contributed by atoms with van der Waals surface area (Å²) in [6.45, 7) is 6.25. The van der Waals surface area contributed by atoms with Crippen LogP contribution in [0.25, 0.3) is 11.1 Å². The predicted molar refractivity (Wildman–Crippen MR) is 177 cm³/mol. The lowest BCUT2D eigenvalue weighted by molar-refractivity contribution is -0.278. The number of aliphatic hydroxyl groups is 1. The van der Waals surface area contributed by atoms with E-state index in [-0.39, 0.29) is 31.3 Å². The molecule has 0 bridgehead atoms. The number of hydrogen-bond acceptors (Lipinski definition) is 7. The zero-order chi connectivity index (χ0) is 32.3. The number of rotatable bonds is 8. The topological polar surface area (TPSA) is 89.5 Å². The molecule has 0 saturated carbocycles. The molecule has 3 aromatic carbocycles. The molecule has 246 valence electrons. The molecule has 3 heterocycles. The molecule has 3 fully saturated rings. The summed E-state index contributed by atoms with van der Waals surface area (Å²) < 4.78 is 23.4. The number of alkyl halides is 3. The molecule has 46 heavy (non-hydrogen) atoms. The highest BCUT2D eigenvalue weighted by Gasteiger charge is 2.43. The monoisotopic (exact) mass is 688 g/mol. The van der Waals surface area contributed by atoms with Crippen molar-refractivity contribution in [3.8, 4) is 11.1 Å². The van der Waals surface area contributed by atoms with Crippen LogP contribution in [-0.4, -0.2) is 64.4 Å². The molecule has 8 nitrogen and oxygen atoms in total. The van der Waals surface area contributed by atoms with Crippen molar-refractivity contribution in [2.75, 3.05) is 32.8 Å². The third-order valence-electron chi connectivity index (χ3n) is 9.12. The lowest BCUT2D eigenvalue weighted by atomic mass is 9.89. The van der Waals surface area contributed by atoms with E-state index in [4.69, 9.17) is 53.8 Å². The first-order valence-electron chi connectivity index (χ1n) is 15.7. The Morgan fingerprint density at radius 2 is 1.59 bits per heavy atom. The molecule has 6 rings (SSSR count). The minimum Gasteiger partial charge on any atom is -0.392 e. The number of carbonyl (C=O) groups excluding carboxylic acids is 1. The van der Waals surface area contributed by atoms with E-state index in [9.17, 15) is 9.90 Å². The van der Waals surface area contributed by atoms with Crippen molar-refractivity contribution < 1.29 is 28.8 Å². The summed E-state index contributed by atoms with van der Waals surface area (Å²) in [6, 6.07) is 24.0. The second kappa shape index (κ2) is 14.5. The number of ether oxygens (including phenoxy) is 4. The maximum atomic E-state index is 12.0. The smallest absolute Gasteiger partial charge is 0.272 e. The minimum atomic E-state index is -2.02. The molecule has 0 aromatic heterocycles. The number of amides is 1. The maximum absolute atomic E-state index is 12.0. The molecule has 0 aliphatic carbocycles. The Bertz CT molecular complexity index is 1480. The van der Waals surface area contributed by atoms with Gasteiger partial charge in [0, 0.05) is 50.5 Å². The van der Waals surface area contributed by atoms with Crippen molar-refractivity contribution in [2.45, 2.75) is 61.0 Å². The van der Waals surface area contributed by atoms with Crippen molar-refractivity contribution in [3.63, 3.8) is 0 Å². The molecule has 11 heteroatoms. The van der Waals surface area contributed by atoms with E-state index in [2.05, 4.69) is 23.2 Å². The number of halogens is 3. The van der Waals surface area contributed by atoms with Crippen LogP contribution < -0.4 is 5.32 Å². The molecule has 1 spiro atoms. The fourth-order valence-electron chi connectivity index (χ4n) is 6.45. The van der Waals surface area contributed by atoms with Crippen molar-refractivity contribution in [1.29, 1.82) is 0 Å². The van der Waals surface area contributed by atoms with Crippen LogP contribution in [0.15, 0.2) is 72.8 Å². The zero-order valence-corrected chi connectivity index (χ0v) is 27.9. The van der Waals surface area contributed by atoms with Crippen molar-refractivity contribution in [1.82, 2.24) is 10.2 Å². The number of aliphatic hydroxyl groups excluding tert-OH is 1. The van der Waals surface area contributed by atoms with E-state index in [1.165, 1.54) is 0 Å². The number of piperidine rings is 1. The molecule has 4 atom stereocenters. The normalized spacial score (nSPS) is 25.1. The molecule has 0 radical (unpaired) electrons. The molecule has 3 saturated heterocycles. The van der Waals surface area contributed by atoms with Gasteiger partial charge >= 0.3 is 0 Å². The van der Waals surface area contributed by atoms with Gasteiger partial charge in [-0.05, 0) is 39.9 Å². The van der Waals surface area contributed by atoms with Gasteiger partial charge in [-0.15, -0.1) is 0 Å². The first-order valence-corrected chi connectivity index (χ1v) is 16.8. The van der Waals surface area contributed by atoms with Gasteiger partial charge in [0.15, 0.2) is 12.1 Å². The molecular weight excluding hydrogens is 651 g/mol. The number of benzene rings is 3. The Kier molecular flexibility index (Phi) is 10.6. The predicted octanol–water partition coefficient (Wildman–Crippen LogP) is 6.46. The van der Waals surface area contributed by atoms with Crippen LogP contribution in [-0.2, 0) is 36.9 Å². The summed E-state index contributed by atoms with van der Waals surface area (Å²) >= 11 is 17.1. The van der Waals surface area contributed by atoms with E-state index in [0.29, 0.717) is 13.2 Å². The minimum absolute atomic E-state index is 0.00708. The third-order valence-corrected chi connectivity index (χ3v) is 9.64. The maximum Gasteiger partial charge on any atom is 0.272 e. The Balaban J connectivity index is 1.22. The molecular formula is C35H39Cl3N2O6. The number of hydrogen-bond donors (Lipinski definition) is 2. The Morgan fingerprint density at radius 3 is 2.26 bits per heavy atom. The fourth-order valence-corrected chi connectivity index (χ4v) is 6.65. The van der Waals surface area contributed by atoms with Crippen LogP contribution in [0.5, 0.6) is 0 Å². The average molecular weight is 690 g/mol. The first-order chi connectivity index (χ1) is 22.1. The molecule has 3 aliphatic rings. The second-order valence-electron chi connectivity index (χ2n) is 12.2. The van der Waals surface area contributed by atoms with E-state index in [1.54, 1.807) is 0 Å². The highest BCUT2D eigenvalue weighted by atomic mass is 35.6. The average Bonchev–Trinajstić information content (AvgIpc) is 3.53. The summed E-state index contributed by atoms with van der Waals surface area (Å²) in [5, 5.41) is 12.3. The van der Waals surface area contributed by atoms with Crippen molar-refractivity contribution >= 4 is 40.7 Å². The van der Waals surface area contributed by atoms with Crippen molar-refractivity contribution in [3.05, 3.63) is 95.1 Å². The molecule has 0 unspecified atom stereocenters. The quantitative estimate of drug-likeness (QED) is 0.263. The van der Waals surface area contributed by atoms with E-state index in [1.807, 2.05) is 66.7 Å². The van der Waals surface area contributed by atoms with Gasteiger partial charge in [-0.25, -0.2) is 0 Å². The Morgan fingerprint density at radius 1 is 0.913 bits per heavy atom. The SMILES string of the molecule is C[C@H]1[C@@H](CN2CCC3(CC2)OCCO3)O[C@@H](c2cccc(-c3cccc(CNC(=O)C(Cl)(Cl)Cl)c3)c2)O[C@H]1c1ccc(CO)cc1. The van der Waals surface area contributed by atoms with Gasteiger partial charge in [-0.2, -0.15) is 0 Å². The summed E-state index contributed by atoms with van der Waals surface area (Å²) in [5.74, 6) is -1.02. The van der Waals surface area contributed by atoms with Crippen LogP contribution >= 0.6 is 34.8 Å². The van der Waals surface area contributed by atoms with E-state index < -0.39 is 21.8 Å². The fraction of sp³-hybridized carbons (Fsp3) is 0.457. The van der Waals surface area contributed by atoms with Crippen LogP contribution in [0.1, 0.15) is 54.4 Å². The van der Waals surface area contributed by atoms with Gasteiger partial charge in [0.25, 0.3) is 9.70 Å². The van der Waals surface area contributed by atoms with E-state index in [0.717, 1.165) is 65.9 Å². The highest BCUT2D eigenvalue weighted by Crippen LogP contribution is 2.43. The van der Waals surface area contributed by atoms with E-state index >= 15 is 0 Å². The number of nitrogens with zero attached hydrogens (tertiary/aromatic N) is 1. The van der Waals surface area contributed by atoms with Crippen LogP contribution in [0.3, 0.4) is 0 Å². The number of nitrogens with one attached hydrogen (secondary N) is 1. The Labute approximate surface area is 284 Å². The lowest BCUT2D eigenvalue weighted by Crippen LogP contribution is -2.50. The molecule has 3 aromatic rings.